The van der Waals surface area contributed by atoms with Crippen molar-refractivity contribution >= 4 is 23.2 Å². The normalized spacial score (nSPS) is 15.1. The average molecular weight is 427 g/mol. The van der Waals surface area contributed by atoms with Crippen LogP contribution in [0.25, 0.3) is 11.4 Å². The van der Waals surface area contributed by atoms with Crippen molar-refractivity contribution in [3.05, 3.63) is 59.4 Å². The fourth-order valence-electron chi connectivity index (χ4n) is 3.53. The molecule has 1 N–H and O–H groups in total. The number of methoxy groups -OCH3 is 1. The quantitative estimate of drug-likeness (QED) is 0.634. The second kappa shape index (κ2) is 9.28. The fourth-order valence-corrected chi connectivity index (χ4v) is 3.65. The van der Waals surface area contributed by atoms with Crippen molar-refractivity contribution in [3.63, 3.8) is 0 Å². The molecule has 1 aliphatic heterocycles. The zero-order valence-corrected chi connectivity index (χ0v) is 17.4. The van der Waals surface area contributed by atoms with Crippen molar-refractivity contribution in [2.75, 3.05) is 25.5 Å². The number of likely N-dealkylation sites (tertiary alicyclic amines) is 1. The molecule has 2 heterocycles. The Morgan fingerprint density at radius 3 is 2.73 bits per heavy atom. The molecule has 30 heavy (non-hydrogen) atoms. The molecule has 2 aromatic carbocycles. The second-order valence-corrected chi connectivity index (χ2v) is 7.73. The van der Waals surface area contributed by atoms with Gasteiger partial charge in [-0.05, 0) is 62.3 Å². The molecule has 0 aliphatic carbocycles. The van der Waals surface area contributed by atoms with E-state index in [0.717, 1.165) is 42.9 Å². The summed E-state index contributed by atoms with van der Waals surface area (Å²) in [6, 6.07) is 14.7. The van der Waals surface area contributed by atoms with Gasteiger partial charge < -0.3 is 14.6 Å². The summed E-state index contributed by atoms with van der Waals surface area (Å²) in [6.45, 7) is 2.18. The van der Waals surface area contributed by atoms with E-state index in [-0.39, 0.29) is 11.8 Å². The first kappa shape index (κ1) is 20.4. The van der Waals surface area contributed by atoms with E-state index in [2.05, 4.69) is 20.4 Å². The predicted octanol–water partition coefficient (Wildman–Crippen LogP) is 4.25. The lowest BCUT2D eigenvalue weighted by molar-refractivity contribution is -0.121. The van der Waals surface area contributed by atoms with Crippen molar-refractivity contribution in [3.8, 4) is 17.1 Å². The van der Waals surface area contributed by atoms with Gasteiger partial charge in [-0.3, -0.25) is 9.69 Å². The van der Waals surface area contributed by atoms with Gasteiger partial charge in [-0.1, -0.05) is 22.8 Å². The zero-order valence-electron chi connectivity index (χ0n) is 16.7. The van der Waals surface area contributed by atoms with Crippen LogP contribution in [0, 0.1) is 5.92 Å². The Morgan fingerprint density at radius 1 is 1.23 bits per heavy atom. The summed E-state index contributed by atoms with van der Waals surface area (Å²) in [5.74, 6) is 1.87. The van der Waals surface area contributed by atoms with Crippen LogP contribution >= 0.6 is 11.6 Å². The topological polar surface area (TPSA) is 80.5 Å². The van der Waals surface area contributed by atoms with Gasteiger partial charge in [0.15, 0.2) is 0 Å². The minimum absolute atomic E-state index is 0.0141. The molecule has 1 saturated heterocycles. The van der Waals surface area contributed by atoms with Crippen LogP contribution in [-0.2, 0) is 11.3 Å². The van der Waals surface area contributed by atoms with Gasteiger partial charge in [-0.25, -0.2) is 0 Å². The van der Waals surface area contributed by atoms with Crippen molar-refractivity contribution < 1.29 is 14.1 Å². The lowest BCUT2D eigenvalue weighted by atomic mass is 9.96. The molecule has 1 fully saturated rings. The molecule has 156 valence electrons. The molecule has 3 aromatic rings. The molecule has 0 unspecified atom stereocenters. The van der Waals surface area contributed by atoms with Gasteiger partial charge in [0.25, 0.3) is 0 Å². The number of hydrogen-bond donors (Lipinski definition) is 1. The highest BCUT2D eigenvalue weighted by atomic mass is 35.5. The molecule has 8 heteroatoms. The molecule has 7 nitrogen and oxygen atoms in total. The van der Waals surface area contributed by atoms with E-state index in [0.29, 0.717) is 23.3 Å². The number of carbonyl (C=O) groups is 1. The third kappa shape index (κ3) is 4.98. The van der Waals surface area contributed by atoms with E-state index in [1.807, 2.05) is 36.4 Å². The highest BCUT2D eigenvalue weighted by Crippen LogP contribution is 2.23. The fraction of sp³-hybridized carbons (Fsp3) is 0.318. The van der Waals surface area contributed by atoms with E-state index in [4.69, 9.17) is 20.9 Å². The summed E-state index contributed by atoms with van der Waals surface area (Å²) in [5, 5.41) is 7.71. The monoisotopic (exact) mass is 426 g/mol. The lowest BCUT2D eigenvalue weighted by Crippen LogP contribution is -2.37. The summed E-state index contributed by atoms with van der Waals surface area (Å²) >= 11 is 5.92. The van der Waals surface area contributed by atoms with Gasteiger partial charge in [0.2, 0.25) is 17.6 Å². The number of anilines is 1. The Bertz CT molecular complexity index is 998. The van der Waals surface area contributed by atoms with Gasteiger partial charge in [0, 0.05) is 28.3 Å². The molecule has 1 aromatic heterocycles. The Morgan fingerprint density at radius 2 is 2.00 bits per heavy atom. The Hall–Kier alpha value is -2.90. The number of hydrogen-bond acceptors (Lipinski definition) is 6. The maximum atomic E-state index is 12.6. The van der Waals surface area contributed by atoms with Crippen molar-refractivity contribution in [2.24, 2.45) is 5.92 Å². The number of piperidine rings is 1. The van der Waals surface area contributed by atoms with Crippen molar-refractivity contribution in [1.82, 2.24) is 15.0 Å². The highest BCUT2D eigenvalue weighted by Gasteiger charge is 2.26. The summed E-state index contributed by atoms with van der Waals surface area (Å²) in [4.78, 5) is 19.3. The maximum Gasteiger partial charge on any atom is 0.241 e. The minimum Gasteiger partial charge on any atom is -0.497 e. The predicted molar refractivity (Wildman–Crippen MR) is 114 cm³/mol. The standard InChI is InChI=1S/C22H23ClN4O3/c1-29-19-4-2-3-18(13-19)24-22(28)16-9-11-27(12-10-16)14-20-25-21(26-30-20)15-5-7-17(23)8-6-15/h2-8,13,16H,9-12,14H2,1H3,(H,24,28). The largest absolute Gasteiger partial charge is 0.497 e. The molecule has 0 radical (unpaired) electrons. The van der Waals surface area contributed by atoms with Gasteiger partial charge in [0.05, 0.1) is 13.7 Å². The van der Waals surface area contributed by atoms with Crippen LogP contribution in [0.3, 0.4) is 0 Å². The molecule has 0 saturated carbocycles. The smallest absolute Gasteiger partial charge is 0.241 e. The zero-order chi connectivity index (χ0) is 20.9. The molecular weight excluding hydrogens is 404 g/mol. The Kier molecular flexibility index (Phi) is 6.30. The van der Waals surface area contributed by atoms with Crippen molar-refractivity contribution in [2.45, 2.75) is 19.4 Å². The number of amides is 1. The number of aromatic nitrogens is 2. The van der Waals surface area contributed by atoms with Crippen LogP contribution in [0.15, 0.2) is 53.1 Å². The van der Waals surface area contributed by atoms with Crippen LogP contribution < -0.4 is 10.1 Å². The number of benzene rings is 2. The molecule has 4 rings (SSSR count). The van der Waals surface area contributed by atoms with E-state index in [1.54, 1.807) is 19.2 Å². The SMILES string of the molecule is COc1cccc(NC(=O)C2CCN(Cc3nc(-c4ccc(Cl)cc4)no3)CC2)c1. The maximum absolute atomic E-state index is 12.6. The van der Waals surface area contributed by atoms with Crippen LogP contribution in [0.1, 0.15) is 18.7 Å². The van der Waals surface area contributed by atoms with Gasteiger partial charge in [-0.15, -0.1) is 0 Å². The average Bonchev–Trinajstić information content (AvgIpc) is 3.23. The van der Waals surface area contributed by atoms with Crippen LogP contribution in [-0.4, -0.2) is 41.1 Å². The van der Waals surface area contributed by atoms with Gasteiger partial charge in [0.1, 0.15) is 5.75 Å². The number of nitrogens with zero attached hydrogens (tertiary/aromatic N) is 3. The number of carbonyl (C=O) groups excluding carboxylic acids is 1. The lowest BCUT2D eigenvalue weighted by Gasteiger charge is -2.30. The van der Waals surface area contributed by atoms with E-state index >= 15 is 0 Å². The van der Waals surface area contributed by atoms with E-state index in [9.17, 15) is 4.79 Å². The van der Waals surface area contributed by atoms with Gasteiger partial charge >= 0.3 is 0 Å². The Balaban J connectivity index is 1.28. The second-order valence-electron chi connectivity index (χ2n) is 7.29. The first-order valence-electron chi connectivity index (χ1n) is 9.86. The third-order valence-corrected chi connectivity index (χ3v) is 5.48. The molecule has 1 amide bonds. The number of ether oxygens (including phenoxy) is 1. The number of nitrogens with one attached hydrogen (secondary N) is 1. The minimum atomic E-state index is -0.0141. The highest BCUT2D eigenvalue weighted by molar-refractivity contribution is 6.30. The van der Waals surface area contributed by atoms with E-state index < -0.39 is 0 Å². The molecule has 1 aliphatic rings. The van der Waals surface area contributed by atoms with Gasteiger partial charge in [-0.2, -0.15) is 4.98 Å². The summed E-state index contributed by atoms with van der Waals surface area (Å²) in [5.41, 5.74) is 1.62. The summed E-state index contributed by atoms with van der Waals surface area (Å²) in [7, 11) is 1.61. The third-order valence-electron chi connectivity index (χ3n) is 5.23. The van der Waals surface area contributed by atoms with Crippen LogP contribution in [0.2, 0.25) is 5.02 Å². The number of rotatable bonds is 6. The molecule has 0 spiro atoms. The van der Waals surface area contributed by atoms with E-state index in [1.165, 1.54) is 0 Å². The van der Waals surface area contributed by atoms with Crippen LogP contribution in [0.5, 0.6) is 5.75 Å². The Labute approximate surface area is 180 Å². The molecular formula is C22H23ClN4O3. The molecule has 0 bridgehead atoms. The number of halogens is 1. The van der Waals surface area contributed by atoms with Crippen molar-refractivity contribution in [1.29, 1.82) is 0 Å². The summed E-state index contributed by atoms with van der Waals surface area (Å²) in [6.07, 6.45) is 1.57. The van der Waals surface area contributed by atoms with Crippen LogP contribution in [0.4, 0.5) is 5.69 Å². The first-order chi connectivity index (χ1) is 14.6. The summed E-state index contributed by atoms with van der Waals surface area (Å²) < 4.78 is 10.6. The molecule has 0 atom stereocenters. The first-order valence-corrected chi connectivity index (χ1v) is 10.2.